The van der Waals surface area contributed by atoms with Gasteiger partial charge >= 0.3 is 0 Å². The smallest absolute Gasteiger partial charge is 0.161 e. The zero-order valence-electron chi connectivity index (χ0n) is 10.6. The first-order valence-electron chi connectivity index (χ1n) is 5.90. The minimum atomic E-state index is -0.258. The van der Waals surface area contributed by atoms with Crippen molar-refractivity contribution in [2.45, 2.75) is 26.8 Å². The Hall–Kier alpha value is -0.550. The molecule has 0 fully saturated rings. The lowest BCUT2D eigenvalue weighted by Gasteiger charge is -2.24. The summed E-state index contributed by atoms with van der Waals surface area (Å²) in [7, 11) is 0. The molecule has 0 saturated heterocycles. The second-order valence-electron chi connectivity index (χ2n) is 4.67. The predicted molar refractivity (Wildman–Crippen MR) is 81.0 cm³/mol. The van der Waals surface area contributed by atoms with Crippen LogP contribution in [0.3, 0.4) is 0 Å². The Morgan fingerprint density at radius 1 is 1.44 bits per heavy atom. The van der Waals surface area contributed by atoms with Gasteiger partial charge in [0, 0.05) is 11.4 Å². The van der Waals surface area contributed by atoms with Gasteiger partial charge in [-0.2, -0.15) is 0 Å². The standard InChI is InChI=1S/C13H16BrFN2S/c1-7-4-10(14)11(15)5-12(7)17-13-16-9(3)8(2)6-18-13/h4-5,8-9H,6H2,1-3H3,(H,16,17). The zero-order chi connectivity index (χ0) is 13.3. The number of rotatable bonds is 1. The molecule has 0 bridgehead atoms. The predicted octanol–water partition coefficient (Wildman–Crippen LogP) is 4.44. The van der Waals surface area contributed by atoms with Crippen molar-refractivity contribution in [3.63, 3.8) is 0 Å². The van der Waals surface area contributed by atoms with Crippen LogP contribution in [0.1, 0.15) is 19.4 Å². The van der Waals surface area contributed by atoms with Crippen LogP contribution in [-0.4, -0.2) is 17.0 Å². The second kappa shape index (κ2) is 5.61. The number of nitrogens with zero attached hydrogens (tertiary/aromatic N) is 1. The fourth-order valence-corrected chi connectivity index (χ4v) is 3.24. The molecule has 0 aliphatic carbocycles. The van der Waals surface area contributed by atoms with E-state index in [1.54, 1.807) is 17.8 Å². The van der Waals surface area contributed by atoms with E-state index < -0.39 is 0 Å². The third kappa shape index (κ3) is 3.06. The van der Waals surface area contributed by atoms with Crippen molar-refractivity contribution >= 4 is 38.5 Å². The van der Waals surface area contributed by atoms with Crippen molar-refractivity contribution in [2.75, 3.05) is 11.1 Å². The minimum Gasteiger partial charge on any atom is -0.335 e. The first kappa shape index (κ1) is 13.9. The molecule has 1 aliphatic heterocycles. The van der Waals surface area contributed by atoms with Gasteiger partial charge in [-0.1, -0.05) is 18.7 Å². The molecule has 2 atom stereocenters. The molecule has 1 aromatic rings. The molecule has 1 aliphatic rings. The lowest BCUT2D eigenvalue weighted by Crippen LogP contribution is -2.25. The third-order valence-corrected chi connectivity index (χ3v) is 4.92. The molecule has 1 aromatic carbocycles. The number of aryl methyl sites for hydroxylation is 1. The van der Waals surface area contributed by atoms with E-state index in [1.807, 2.05) is 6.92 Å². The number of hydrogen-bond donors (Lipinski definition) is 1. The quantitative estimate of drug-likeness (QED) is 0.823. The van der Waals surface area contributed by atoms with Crippen LogP contribution in [0.2, 0.25) is 0 Å². The summed E-state index contributed by atoms with van der Waals surface area (Å²) in [6.45, 7) is 6.26. The maximum Gasteiger partial charge on any atom is 0.161 e. The molecule has 1 heterocycles. The lowest BCUT2D eigenvalue weighted by atomic mass is 10.1. The molecule has 0 amide bonds. The van der Waals surface area contributed by atoms with Crippen molar-refractivity contribution in [2.24, 2.45) is 10.9 Å². The first-order chi connectivity index (χ1) is 8.47. The molecule has 0 spiro atoms. The van der Waals surface area contributed by atoms with E-state index in [1.165, 1.54) is 6.07 Å². The van der Waals surface area contributed by atoms with E-state index in [0.717, 1.165) is 22.2 Å². The number of anilines is 1. The van der Waals surface area contributed by atoms with E-state index in [-0.39, 0.29) is 5.82 Å². The highest BCUT2D eigenvalue weighted by Gasteiger charge is 2.19. The van der Waals surface area contributed by atoms with Gasteiger partial charge in [-0.3, -0.25) is 4.99 Å². The monoisotopic (exact) mass is 330 g/mol. The number of amidine groups is 1. The Balaban J connectivity index is 2.20. The Morgan fingerprint density at radius 2 is 2.17 bits per heavy atom. The van der Waals surface area contributed by atoms with Crippen LogP contribution in [-0.2, 0) is 0 Å². The molecule has 0 aromatic heterocycles. The molecule has 0 saturated carbocycles. The summed E-state index contributed by atoms with van der Waals surface area (Å²) >= 11 is 4.88. The first-order valence-corrected chi connectivity index (χ1v) is 7.68. The Morgan fingerprint density at radius 3 is 2.83 bits per heavy atom. The molecular weight excluding hydrogens is 315 g/mol. The summed E-state index contributed by atoms with van der Waals surface area (Å²) in [5.74, 6) is 1.37. The van der Waals surface area contributed by atoms with Crippen molar-refractivity contribution in [3.05, 3.63) is 28.0 Å². The molecule has 2 nitrogen and oxygen atoms in total. The van der Waals surface area contributed by atoms with Crippen LogP contribution in [0.25, 0.3) is 0 Å². The molecular formula is C13H16BrFN2S. The second-order valence-corrected chi connectivity index (χ2v) is 6.53. The number of nitrogens with one attached hydrogen (secondary N) is 1. The Labute approximate surface area is 120 Å². The third-order valence-electron chi connectivity index (χ3n) is 3.14. The van der Waals surface area contributed by atoms with Crippen molar-refractivity contribution in [3.8, 4) is 0 Å². The number of thioether (sulfide) groups is 1. The highest BCUT2D eigenvalue weighted by Crippen LogP contribution is 2.27. The topological polar surface area (TPSA) is 24.4 Å². The SMILES string of the molecule is Cc1cc(Br)c(F)cc1NC1=NC(C)C(C)CS1. The maximum atomic E-state index is 13.5. The molecule has 98 valence electrons. The van der Waals surface area contributed by atoms with E-state index in [2.05, 4.69) is 40.1 Å². The number of aliphatic imine (C=N–C) groups is 1. The summed E-state index contributed by atoms with van der Waals surface area (Å²) < 4.78 is 14.0. The molecule has 5 heteroatoms. The lowest BCUT2D eigenvalue weighted by molar-refractivity contribution is 0.537. The van der Waals surface area contributed by atoms with Crippen LogP contribution in [0, 0.1) is 18.7 Å². The van der Waals surface area contributed by atoms with Crippen molar-refractivity contribution in [1.82, 2.24) is 0 Å². The zero-order valence-corrected chi connectivity index (χ0v) is 13.0. The van der Waals surface area contributed by atoms with Crippen molar-refractivity contribution in [1.29, 1.82) is 0 Å². The van der Waals surface area contributed by atoms with Crippen LogP contribution >= 0.6 is 27.7 Å². The van der Waals surface area contributed by atoms with E-state index >= 15 is 0 Å². The van der Waals surface area contributed by atoms with Crippen LogP contribution < -0.4 is 5.32 Å². The number of hydrogen-bond acceptors (Lipinski definition) is 3. The average Bonchev–Trinajstić information content (AvgIpc) is 2.31. The van der Waals surface area contributed by atoms with Gasteiger partial charge in [0.15, 0.2) is 5.17 Å². The van der Waals surface area contributed by atoms with E-state index in [4.69, 9.17) is 0 Å². The van der Waals surface area contributed by atoms with Gasteiger partial charge < -0.3 is 5.32 Å². The number of benzene rings is 1. The highest BCUT2D eigenvalue weighted by atomic mass is 79.9. The molecule has 18 heavy (non-hydrogen) atoms. The number of halogens is 2. The maximum absolute atomic E-state index is 13.5. The van der Waals surface area contributed by atoms with Crippen LogP contribution in [0.5, 0.6) is 0 Å². The van der Waals surface area contributed by atoms with Gasteiger partial charge in [0.25, 0.3) is 0 Å². The summed E-state index contributed by atoms with van der Waals surface area (Å²) in [4.78, 5) is 4.59. The molecule has 0 radical (unpaired) electrons. The van der Waals surface area contributed by atoms with E-state index in [9.17, 15) is 4.39 Å². The molecule has 1 N–H and O–H groups in total. The van der Waals surface area contributed by atoms with Gasteiger partial charge in [-0.15, -0.1) is 0 Å². The fraction of sp³-hybridized carbons (Fsp3) is 0.462. The molecule has 2 unspecified atom stereocenters. The normalized spacial score (nSPS) is 23.7. The minimum absolute atomic E-state index is 0.258. The highest BCUT2D eigenvalue weighted by molar-refractivity contribution is 9.10. The molecule has 2 rings (SSSR count). The largest absolute Gasteiger partial charge is 0.335 e. The summed E-state index contributed by atoms with van der Waals surface area (Å²) in [6.07, 6.45) is 0. The van der Waals surface area contributed by atoms with Crippen molar-refractivity contribution < 1.29 is 4.39 Å². The summed E-state index contributed by atoms with van der Waals surface area (Å²) in [5.41, 5.74) is 1.78. The van der Waals surface area contributed by atoms with Gasteiger partial charge in [0.1, 0.15) is 5.82 Å². The van der Waals surface area contributed by atoms with Gasteiger partial charge in [0.2, 0.25) is 0 Å². The summed E-state index contributed by atoms with van der Waals surface area (Å²) in [6, 6.07) is 3.59. The van der Waals surface area contributed by atoms with Crippen LogP contribution in [0.4, 0.5) is 10.1 Å². The Kier molecular flexibility index (Phi) is 4.33. The van der Waals surface area contributed by atoms with Gasteiger partial charge in [-0.25, -0.2) is 4.39 Å². The van der Waals surface area contributed by atoms with Gasteiger partial charge in [-0.05, 0) is 53.4 Å². The average molecular weight is 331 g/mol. The summed E-state index contributed by atoms with van der Waals surface area (Å²) in [5, 5.41) is 4.10. The van der Waals surface area contributed by atoms with E-state index in [0.29, 0.717) is 16.4 Å². The fourth-order valence-electron chi connectivity index (χ4n) is 1.66. The van der Waals surface area contributed by atoms with Gasteiger partial charge in [0.05, 0.1) is 10.5 Å². The van der Waals surface area contributed by atoms with Crippen LogP contribution in [0.15, 0.2) is 21.6 Å². The Bertz CT molecular complexity index is 490.